The minimum atomic E-state index is -2.36. The molecule has 0 aromatic rings. The molecule has 0 aromatic heterocycles. The average Bonchev–Trinajstić information content (AvgIpc) is 2.30. The molecule has 0 rings (SSSR count). The first-order valence-electron chi connectivity index (χ1n) is 5.06. The van der Waals surface area contributed by atoms with Crippen molar-refractivity contribution in [3.63, 3.8) is 0 Å². The molecule has 16 heavy (non-hydrogen) atoms. The number of amides is 1. The molecule has 0 spiro atoms. The summed E-state index contributed by atoms with van der Waals surface area (Å²) in [6.07, 6.45) is 2.05. The van der Waals surface area contributed by atoms with Gasteiger partial charge in [0.25, 0.3) is 0 Å². The Kier molecular flexibility index (Phi) is 11.4. The third-order valence-electron chi connectivity index (χ3n) is 1.84. The molecular formula is C8H20As2NO4P. The van der Waals surface area contributed by atoms with Gasteiger partial charge in [-0.3, -0.25) is 0 Å². The van der Waals surface area contributed by atoms with E-state index in [0.29, 0.717) is 6.54 Å². The molecule has 0 aromatic carbocycles. The standard InChI is InChI=1S/C8H20As2NO4P/c1-14-16(13)15-6-5-11-8(12)7(10)3-2-4-9/h7,16H,2-6,9-10H2,1H3,(H,11,12). The van der Waals surface area contributed by atoms with Crippen molar-refractivity contribution in [1.29, 1.82) is 0 Å². The van der Waals surface area contributed by atoms with Crippen molar-refractivity contribution >= 4 is 47.9 Å². The fourth-order valence-corrected chi connectivity index (χ4v) is 2.59. The zero-order chi connectivity index (χ0) is 12.4. The van der Waals surface area contributed by atoms with Crippen LogP contribution >= 0.6 is 8.25 Å². The Balaban J connectivity index is 3.53. The van der Waals surface area contributed by atoms with E-state index in [4.69, 9.17) is 4.52 Å². The van der Waals surface area contributed by atoms with Crippen molar-refractivity contribution in [3.8, 4) is 0 Å². The molecule has 96 valence electrons. The van der Waals surface area contributed by atoms with Crippen LogP contribution in [0.1, 0.15) is 12.8 Å². The van der Waals surface area contributed by atoms with Gasteiger partial charge in [-0.15, -0.1) is 0 Å². The number of rotatable bonds is 9. The van der Waals surface area contributed by atoms with Gasteiger partial charge in [-0.05, 0) is 0 Å². The fraction of sp³-hybridized carbons (Fsp3) is 0.875. The van der Waals surface area contributed by atoms with Crippen LogP contribution in [0.3, 0.4) is 0 Å². The Morgan fingerprint density at radius 1 is 1.56 bits per heavy atom. The van der Waals surface area contributed by atoms with Gasteiger partial charge in [-0.1, -0.05) is 0 Å². The van der Waals surface area contributed by atoms with Crippen LogP contribution in [0.5, 0.6) is 0 Å². The van der Waals surface area contributed by atoms with Gasteiger partial charge in [0.05, 0.1) is 0 Å². The molecule has 0 saturated carbocycles. The molecule has 1 N–H and O–H groups in total. The SMILES string of the molecule is CO[PH](=O)OCCNC(=O)C([AsH2])CCC[AsH2]. The Morgan fingerprint density at radius 2 is 2.25 bits per heavy atom. The first-order chi connectivity index (χ1) is 7.61. The third-order valence-corrected chi connectivity index (χ3v) is 4.81. The van der Waals surface area contributed by atoms with Crippen LogP contribution in [0, 0.1) is 0 Å². The molecule has 0 aliphatic rings. The number of hydrogen-bond acceptors (Lipinski definition) is 4. The summed E-state index contributed by atoms with van der Waals surface area (Å²) in [6, 6.07) is 0. The molecule has 0 fully saturated rings. The molecular weight excluding hydrogens is 355 g/mol. The molecule has 0 heterocycles. The Morgan fingerprint density at radius 3 is 2.81 bits per heavy atom. The van der Waals surface area contributed by atoms with Gasteiger partial charge in [0.2, 0.25) is 0 Å². The van der Waals surface area contributed by atoms with Gasteiger partial charge in [0.15, 0.2) is 0 Å². The second kappa shape index (κ2) is 10.9. The van der Waals surface area contributed by atoms with Crippen LogP contribution in [-0.4, -0.2) is 59.9 Å². The predicted molar refractivity (Wildman–Crippen MR) is 69.9 cm³/mol. The van der Waals surface area contributed by atoms with E-state index < -0.39 is 8.25 Å². The van der Waals surface area contributed by atoms with E-state index in [0.717, 1.165) is 12.8 Å². The average molecular weight is 375 g/mol. The minimum absolute atomic E-state index is 0.0571. The molecule has 4 unspecified atom stereocenters. The van der Waals surface area contributed by atoms with Crippen molar-refractivity contribution in [2.24, 2.45) is 0 Å². The van der Waals surface area contributed by atoms with E-state index in [-0.39, 0.29) is 17.2 Å². The summed E-state index contributed by atoms with van der Waals surface area (Å²) in [6.45, 7) is 0.614. The predicted octanol–water partition coefficient (Wildman–Crippen LogP) is -0.592. The monoisotopic (exact) mass is 375 g/mol. The third kappa shape index (κ3) is 8.84. The van der Waals surface area contributed by atoms with E-state index in [9.17, 15) is 9.36 Å². The fourth-order valence-electron chi connectivity index (χ4n) is 0.967. The van der Waals surface area contributed by atoms with E-state index in [1.807, 2.05) is 0 Å². The Labute approximate surface area is 114 Å². The number of nitrogens with one attached hydrogen (secondary N) is 1. The van der Waals surface area contributed by atoms with Crippen LogP contribution in [0.25, 0.3) is 0 Å². The molecule has 1 amide bonds. The second-order valence-electron chi connectivity index (χ2n) is 3.13. The summed E-state index contributed by atoms with van der Waals surface area (Å²) >= 11 is 3.15. The van der Waals surface area contributed by atoms with Crippen molar-refractivity contribution in [1.82, 2.24) is 5.32 Å². The number of hydrogen-bond donors (Lipinski definition) is 1. The summed E-state index contributed by atoms with van der Waals surface area (Å²) in [4.78, 5) is 11.5. The van der Waals surface area contributed by atoms with Gasteiger partial charge in [0.1, 0.15) is 0 Å². The normalized spacial score (nSPS) is 14.4. The van der Waals surface area contributed by atoms with E-state index >= 15 is 0 Å². The number of carbonyl (C=O) groups is 1. The van der Waals surface area contributed by atoms with E-state index in [1.165, 1.54) is 29.2 Å². The van der Waals surface area contributed by atoms with Crippen LogP contribution in [0.2, 0.25) is 9.91 Å². The maximum absolute atomic E-state index is 11.5. The summed E-state index contributed by atoms with van der Waals surface area (Å²) in [5.74, 6) is 0.0571. The summed E-state index contributed by atoms with van der Waals surface area (Å²) < 4.78 is 20.2. The number of carbonyl (C=O) groups excluding carboxylic acids is 1. The van der Waals surface area contributed by atoms with Gasteiger partial charge in [0, 0.05) is 0 Å². The maximum atomic E-state index is 11.5. The van der Waals surface area contributed by atoms with Crippen LogP contribution in [0.4, 0.5) is 0 Å². The van der Waals surface area contributed by atoms with Crippen LogP contribution in [-0.2, 0) is 18.4 Å². The summed E-state index contributed by atoms with van der Waals surface area (Å²) in [5, 5.41) is 3.92. The van der Waals surface area contributed by atoms with Crippen molar-refractivity contribution in [2.45, 2.75) is 22.8 Å². The Bertz CT molecular complexity index is 230. The molecule has 0 aliphatic carbocycles. The van der Waals surface area contributed by atoms with E-state index in [1.54, 1.807) is 16.9 Å². The molecule has 5 nitrogen and oxygen atoms in total. The zero-order valence-corrected chi connectivity index (χ0v) is 15.2. The second-order valence-corrected chi connectivity index (χ2v) is 7.23. The topological polar surface area (TPSA) is 64.6 Å². The molecule has 0 saturated heterocycles. The van der Waals surface area contributed by atoms with Gasteiger partial charge < -0.3 is 0 Å². The quantitative estimate of drug-likeness (QED) is 0.333. The van der Waals surface area contributed by atoms with Crippen LogP contribution in [0.15, 0.2) is 0 Å². The van der Waals surface area contributed by atoms with Crippen molar-refractivity contribution < 1.29 is 18.4 Å². The molecule has 8 heteroatoms. The van der Waals surface area contributed by atoms with Gasteiger partial charge in [-0.25, -0.2) is 0 Å². The van der Waals surface area contributed by atoms with Crippen molar-refractivity contribution in [3.05, 3.63) is 0 Å². The molecule has 0 radical (unpaired) electrons. The van der Waals surface area contributed by atoms with Gasteiger partial charge >= 0.3 is 115 Å². The molecule has 0 bridgehead atoms. The van der Waals surface area contributed by atoms with Crippen LogP contribution < -0.4 is 5.32 Å². The molecule has 4 atom stereocenters. The summed E-state index contributed by atoms with van der Waals surface area (Å²) in [5.41, 5.74) is 0. The van der Waals surface area contributed by atoms with Gasteiger partial charge in [-0.2, -0.15) is 0 Å². The summed E-state index contributed by atoms with van der Waals surface area (Å²) in [7, 11) is -1.03. The first kappa shape index (κ1) is 16.7. The van der Waals surface area contributed by atoms with E-state index in [2.05, 4.69) is 9.84 Å². The first-order valence-corrected chi connectivity index (χ1v) is 9.39. The molecule has 0 aliphatic heterocycles. The zero-order valence-electron chi connectivity index (χ0n) is 9.40. The Hall–Kier alpha value is 0.737. The van der Waals surface area contributed by atoms with Crippen molar-refractivity contribution in [2.75, 3.05) is 20.3 Å².